The Balaban J connectivity index is 3.72. The third-order valence-corrected chi connectivity index (χ3v) is 1.84. The number of hydrogen-bond donors (Lipinski definition) is 2. The molecule has 3 N–H and O–H groups in total. The molecule has 0 unspecified atom stereocenters. The van der Waals surface area contributed by atoms with E-state index in [-0.39, 0.29) is 6.04 Å². The fraction of sp³-hybridized carbons (Fsp3) is 0.875. The van der Waals surface area contributed by atoms with Gasteiger partial charge in [0.05, 0.1) is 0 Å². The van der Waals surface area contributed by atoms with Crippen LogP contribution in [0.15, 0.2) is 0 Å². The topological polar surface area (TPSA) is 66.6 Å². The van der Waals surface area contributed by atoms with Crippen molar-refractivity contribution in [2.75, 3.05) is 20.6 Å². The fourth-order valence-corrected chi connectivity index (χ4v) is 1.08. The minimum absolute atomic E-state index is 0.364. The third-order valence-electron chi connectivity index (χ3n) is 1.84. The maximum absolute atomic E-state index is 10.7. The van der Waals surface area contributed by atoms with E-state index in [0.29, 0.717) is 13.0 Å². The second-order valence-corrected chi connectivity index (χ2v) is 3.10. The summed E-state index contributed by atoms with van der Waals surface area (Å²) in [6.07, 6.45) is 2.46. The van der Waals surface area contributed by atoms with Crippen molar-refractivity contribution in [1.29, 1.82) is 0 Å². The molecular weight excluding hydrogens is 156 g/mol. The Morgan fingerprint density at radius 2 is 2.08 bits per heavy atom. The summed E-state index contributed by atoms with van der Waals surface area (Å²) in [5, 5.41) is 8.77. The molecule has 12 heavy (non-hydrogen) atoms. The van der Waals surface area contributed by atoms with Gasteiger partial charge in [0.1, 0.15) is 6.04 Å². The molecule has 72 valence electrons. The lowest BCUT2D eigenvalue weighted by Gasteiger charge is -2.19. The molecule has 0 aliphatic carbocycles. The lowest BCUT2D eigenvalue weighted by Crippen LogP contribution is -2.35. The van der Waals surface area contributed by atoms with Crippen molar-refractivity contribution in [3.63, 3.8) is 0 Å². The van der Waals surface area contributed by atoms with Crippen molar-refractivity contribution in [2.24, 2.45) is 5.73 Å². The Morgan fingerprint density at radius 1 is 1.50 bits per heavy atom. The number of nitrogens with two attached hydrogens (primary N) is 1. The quantitative estimate of drug-likeness (QED) is 0.562. The normalized spacial score (nSPS) is 13.3. The van der Waals surface area contributed by atoms with Crippen LogP contribution in [0.25, 0.3) is 0 Å². The highest BCUT2D eigenvalue weighted by molar-refractivity contribution is 5.73. The lowest BCUT2D eigenvalue weighted by molar-refractivity contribution is -0.142. The standard InChI is InChI=1S/C8H18N2O2/c1-10(2)7(8(11)12)5-3-4-6-9/h7H,3-6,9H2,1-2H3,(H,11,12)/t7-/m1/s1. The number of carboxylic acids is 1. The molecule has 0 aliphatic rings. The number of aliphatic carboxylic acids is 1. The third kappa shape index (κ3) is 4.31. The Bertz CT molecular complexity index is 137. The molecule has 0 radical (unpaired) electrons. The van der Waals surface area contributed by atoms with E-state index < -0.39 is 5.97 Å². The van der Waals surface area contributed by atoms with Crippen LogP contribution in [0.5, 0.6) is 0 Å². The molecule has 0 heterocycles. The van der Waals surface area contributed by atoms with Crippen LogP contribution in [0, 0.1) is 0 Å². The SMILES string of the molecule is CN(C)[C@H](CCCCN)C(=O)O. The fourth-order valence-electron chi connectivity index (χ4n) is 1.08. The van der Waals surface area contributed by atoms with Gasteiger partial charge < -0.3 is 10.8 Å². The molecule has 0 aromatic carbocycles. The van der Waals surface area contributed by atoms with Crippen molar-refractivity contribution >= 4 is 5.97 Å². The first kappa shape index (κ1) is 11.4. The van der Waals surface area contributed by atoms with Gasteiger partial charge in [-0.25, -0.2) is 0 Å². The van der Waals surface area contributed by atoms with Gasteiger partial charge >= 0.3 is 5.97 Å². The van der Waals surface area contributed by atoms with E-state index in [9.17, 15) is 4.79 Å². The summed E-state index contributed by atoms with van der Waals surface area (Å²) in [5.41, 5.74) is 5.31. The van der Waals surface area contributed by atoms with Gasteiger partial charge in [0.2, 0.25) is 0 Å². The summed E-state index contributed by atoms with van der Waals surface area (Å²) < 4.78 is 0. The van der Waals surface area contributed by atoms with E-state index in [1.807, 2.05) is 0 Å². The Kier molecular flexibility index (Phi) is 5.66. The molecule has 0 saturated heterocycles. The smallest absolute Gasteiger partial charge is 0.320 e. The van der Waals surface area contributed by atoms with Crippen molar-refractivity contribution < 1.29 is 9.90 Å². The molecule has 4 nitrogen and oxygen atoms in total. The summed E-state index contributed by atoms with van der Waals surface area (Å²) in [5.74, 6) is -0.753. The molecule has 0 fully saturated rings. The Hall–Kier alpha value is -0.610. The Labute approximate surface area is 73.3 Å². The number of nitrogens with zero attached hydrogens (tertiary/aromatic N) is 1. The van der Waals surface area contributed by atoms with Gasteiger partial charge in [0.25, 0.3) is 0 Å². The van der Waals surface area contributed by atoms with Gasteiger partial charge in [0.15, 0.2) is 0 Å². The van der Waals surface area contributed by atoms with E-state index in [1.165, 1.54) is 0 Å². The summed E-state index contributed by atoms with van der Waals surface area (Å²) >= 11 is 0. The monoisotopic (exact) mass is 174 g/mol. The predicted octanol–water partition coefficient (Wildman–Crippen LogP) is 0.130. The van der Waals surface area contributed by atoms with Crippen LogP contribution in [0.1, 0.15) is 19.3 Å². The van der Waals surface area contributed by atoms with Crippen LogP contribution in [-0.4, -0.2) is 42.7 Å². The molecule has 1 atom stereocenters. The molecule has 0 amide bonds. The molecule has 4 heteroatoms. The molecule has 0 spiro atoms. The predicted molar refractivity (Wildman–Crippen MR) is 48.0 cm³/mol. The molecule has 0 aromatic rings. The number of carboxylic acid groups (broad SMARTS) is 1. The lowest BCUT2D eigenvalue weighted by atomic mass is 10.1. The van der Waals surface area contributed by atoms with Crippen LogP contribution in [-0.2, 0) is 4.79 Å². The van der Waals surface area contributed by atoms with E-state index in [0.717, 1.165) is 12.8 Å². The maximum atomic E-state index is 10.7. The van der Waals surface area contributed by atoms with Crippen molar-refractivity contribution in [3.8, 4) is 0 Å². The zero-order valence-corrected chi connectivity index (χ0v) is 7.79. The number of rotatable bonds is 6. The van der Waals surface area contributed by atoms with Gasteiger partial charge in [-0.15, -0.1) is 0 Å². The average Bonchev–Trinajstić information content (AvgIpc) is 1.96. The van der Waals surface area contributed by atoms with Gasteiger partial charge in [-0.3, -0.25) is 9.69 Å². The van der Waals surface area contributed by atoms with Crippen molar-refractivity contribution in [2.45, 2.75) is 25.3 Å². The second kappa shape index (κ2) is 5.97. The van der Waals surface area contributed by atoms with Gasteiger partial charge in [-0.2, -0.15) is 0 Å². The zero-order valence-electron chi connectivity index (χ0n) is 7.79. The summed E-state index contributed by atoms with van der Waals surface area (Å²) in [7, 11) is 3.56. The highest BCUT2D eigenvalue weighted by Crippen LogP contribution is 2.05. The van der Waals surface area contributed by atoms with Crippen molar-refractivity contribution in [1.82, 2.24) is 4.90 Å². The van der Waals surface area contributed by atoms with Gasteiger partial charge in [-0.05, 0) is 33.5 Å². The Morgan fingerprint density at radius 3 is 2.42 bits per heavy atom. The van der Waals surface area contributed by atoms with E-state index in [1.54, 1.807) is 19.0 Å². The molecule has 0 bridgehead atoms. The minimum Gasteiger partial charge on any atom is -0.480 e. The first-order valence-corrected chi connectivity index (χ1v) is 4.19. The van der Waals surface area contributed by atoms with Crippen LogP contribution in [0.2, 0.25) is 0 Å². The van der Waals surface area contributed by atoms with Crippen LogP contribution < -0.4 is 5.73 Å². The molecule has 0 aromatic heterocycles. The van der Waals surface area contributed by atoms with Crippen LogP contribution >= 0.6 is 0 Å². The van der Waals surface area contributed by atoms with E-state index in [2.05, 4.69) is 0 Å². The van der Waals surface area contributed by atoms with Crippen molar-refractivity contribution in [3.05, 3.63) is 0 Å². The van der Waals surface area contributed by atoms with Gasteiger partial charge in [0, 0.05) is 0 Å². The van der Waals surface area contributed by atoms with Crippen LogP contribution in [0.3, 0.4) is 0 Å². The zero-order chi connectivity index (χ0) is 9.56. The number of likely N-dealkylation sites (N-methyl/N-ethyl adjacent to an activating group) is 1. The summed E-state index contributed by atoms with van der Waals surface area (Å²) in [6, 6.07) is -0.364. The van der Waals surface area contributed by atoms with Gasteiger partial charge in [-0.1, -0.05) is 6.42 Å². The second-order valence-electron chi connectivity index (χ2n) is 3.10. The average molecular weight is 174 g/mol. The number of carbonyl (C=O) groups is 1. The molecule has 0 rings (SSSR count). The summed E-state index contributed by atoms with van der Waals surface area (Å²) in [4.78, 5) is 12.4. The van der Waals surface area contributed by atoms with E-state index >= 15 is 0 Å². The molecule has 0 aliphatic heterocycles. The molecular formula is C8H18N2O2. The first-order chi connectivity index (χ1) is 5.59. The minimum atomic E-state index is -0.753. The number of hydrogen-bond acceptors (Lipinski definition) is 3. The number of unbranched alkanes of at least 4 members (excludes halogenated alkanes) is 1. The first-order valence-electron chi connectivity index (χ1n) is 4.19. The molecule has 0 saturated carbocycles. The maximum Gasteiger partial charge on any atom is 0.320 e. The summed E-state index contributed by atoms with van der Waals surface area (Å²) in [6.45, 7) is 0.639. The highest BCUT2D eigenvalue weighted by Gasteiger charge is 2.18. The van der Waals surface area contributed by atoms with E-state index in [4.69, 9.17) is 10.8 Å². The van der Waals surface area contributed by atoms with Crippen LogP contribution in [0.4, 0.5) is 0 Å². The highest BCUT2D eigenvalue weighted by atomic mass is 16.4. The largest absolute Gasteiger partial charge is 0.480 e.